The van der Waals surface area contributed by atoms with Gasteiger partial charge in [-0.05, 0) is 42.9 Å². The van der Waals surface area contributed by atoms with Crippen molar-refractivity contribution in [1.82, 2.24) is 20.1 Å². The van der Waals surface area contributed by atoms with Gasteiger partial charge in [-0.1, -0.05) is 32.0 Å². The normalized spacial score (nSPS) is 17.8. The third kappa shape index (κ3) is 6.15. The highest BCUT2D eigenvalue weighted by molar-refractivity contribution is 5.86. The zero-order valence-electron chi connectivity index (χ0n) is 18.7. The Labute approximate surface area is 182 Å². The van der Waals surface area contributed by atoms with E-state index in [0.717, 1.165) is 44.9 Å². The van der Waals surface area contributed by atoms with Crippen molar-refractivity contribution >= 4 is 16.9 Å². The van der Waals surface area contributed by atoms with Crippen LogP contribution >= 0.6 is 0 Å². The Morgan fingerprint density at radius 1 is 1.29 bits per heavy atom. The minimum absolute atomic E-state index is 0.224. The maximum atomic E-state index is 12.7. The smallest absolute Gasteiger partial charge is 0.361 e. The first-order valence-electron chi connectivity index (χ1n) is 11.2. The monoisotopic (exact) mass is 437 g/mol. The van der Waals surface area contributed by atoms with Gasteiger partial charge in [-0.25, -0.2) is 0 Å². The maximum absolute atomic E-state index is 12.7. The molecule has 0 spiro atoms. The van der Waals surface area contributed by atoms with Crippen LogP contribution in [0.15, 0.2) is 29.4 Å². The quantitative estimate of drug-likeness (QED) is 0.484. The van der Waals surface area contributed by atoms with Gasteiger partial charge < -0.3 is 15.2 Å². The Hall–Kier alpha value is -2.22. The van der Waals surface area contributed by atoms with Gasteiger partial charge in [0.2, 0.25) is 0 Å². The van der Waals surface area contributed by atoms with E-state index in [-0.39, 0.29) is 5.92 Å². The van der Waals surface area contributed by atoms with Gasteiger partial charge in [-0.15, -0.1) is 0 Å². The molecular weight excluding hydrogens is 403 g/mol. The Bertz CT molecular complexity index is 874. The highest BCUT2D eigenvalue weighted by Gasteiger charge is 2.33. The van der Waals surface area contributed by atoms with E-state index in [9.17, 15) is 13.2 Å². The SMILES string of the molecule is CCc1cccc2c(CCNC(=NC)N3CCC(CN(CC)CC(F)(F)F)C3)c[nH]c12. The summed E-state index contributed by atoms with van der Waals surface area (Å²) >= 11 is 0. The van der Waals surface area contributed by atoms with Crippen molar-refractivity contribution in [3.8, 4) is 0 Å². The molecule has 0 saturated carbocycles. The lowest BCUT2D eigenvalue weighted by Gasteiger charge is -2.26. The first-order valence-corrected chi connectivity index (χ1v) is 11.2. The number of aromatic amines is 1. The minimum atomic E-state index is -4.15. The van der Waals surface area contributed by atoms with Gasteiger partial charge in [-0.2, -0.15) is 13.2 Å². The molecule has 1 aromatic carbocycles. The number of halogens is 3. The van der Waals surface area contributed by atoms with E-state index < -0.39 is 12.7 Å². The molecule has 1 aliphatic heterocycles. The Kier molecular flexibility index (Phi) is 7.86. The highest BCUT2D eigenvalue weighted by atomic mass is 19.4. The lowest BCUT2D eigenvalue weighted by Crippen LogP contribution is -2.42. The summed E-state index contributed by atoms with van der Waals surface area (Å²) in [6.45, 7) is 6.30. The molecule has 1 fully saturated rings. The van der Waals surface area contributed by atoms with Crippen LogP contribution < -0.4 is 5.32 Å². The number of nitrogens with zero attached hydrogens (tertiary/aromatic N) is 3. The van der Waals surface area contributed by atoms with Crippen LogP contribution in [0.5, 0.6) is 0 Å². The highest BCUT2D eigenvalue weighted by Crippen LogP contribution is 2.23. The van der Waals surface area contributed by atoms with Crippen LogP contribution in [0.4, 0.5) is 13.2 Å². The van der Waals surface area contributed by atoms with Gasteiger partial charge in [0.05, 0.1) is 6.54 Å². The summed E-state index contributed by atoms with van der Waals surface area (Å²) in [4.78, 5) is 11.5. The molecule has 0 bridgehead atoms. The molecule has 1 aliphatic rings. The molecule has 0 amide bonds. The number of nitrogens with one attached hydrogen (secondary N) is 2. The van der Waals surface area contributed by atoms with Crippen LogP contribution in [0, 0.1) is 5.92 Å². The molecule has 2 aromatic rings. The van der Waals surface area contributed by atoms with Gasteiger partial charge in [0, 0.05) is 50.3 Å². The predicted molar refractivity (Wildman–Crippen MR) is 121 cm³/mol. The van der Waals surface area contributed by atoms with E-state index in [4.69, 9.17) is 0 Å². The topological polar surface area (TPSA) is 46.7 Å². The third-order valence-electron chi connectivity index (χ3n) is 6.11. The van der Waals surface area contributed by atoms with E-state index >= 15 is 0 Å². The molecule has 31 heavy (non-hydrogen) atoms. The van der Waals surface area contributed by atoms with Crippen LogP contribution in [0.2, 0.25) is 0 Å². The molecule has 2 heterocycles. The standard InChI is InChI=1S/C23H34F3N5/c1-4-18-7-6-8-20-19(13-29-21(18)20)9-11-28-22(27-3)31-12-10-17(15-31)14-30(5-2)16-23(24,25)26/h6-8,13,17,29H,4-5,9-12,14-16H2,1-3H3,(H,27,28). The van der Waals surface area contributed by atoms with Crippen molar-refractivity contribution in [2.45, 2.75) is 39.3 Å². The molecular formula is C23H34F3N5. The molecule has 1 unspecified atom stereocenters. The third-order valence-corrected chi connectivity index (χ3v) is 6.11. The number of para-hydroxylation sites is 1. The van der Waals surface area contributed by atoms with Crippen molar-refractivity contribution in [2.24, 2.45) is 10.9 Å². The number of likely N-dealkylation sites (tertiary alicyclic amines) is 1. The zero-order chi connectivity index (χ0) is 22.4. The summed E-state index contributed by atoms with van der Waals surface area (Å²) in [6, 6.07) is 6.41. The van der Waals surface area contributed by atoms with Gasteiger partial charge in [0.25, 0.3) is 0 Å². The van der Waals surface area contributed by atoms with Crippen molar-refractivity contribution in [1.29, 1.82) is 0 Å². The number of aromatic nitrogens is 1. The van der Waals surface area contributed by atoms with E-state index in [0.29, 0.717) is 13.1 Å². The molecule has 5 nitrogen and oxygen atoms in total. The number of fused-ring (bicyclic) bond motifs is 1. The number of alkyl halides is 3. The Morgan fingerprint density at radius 2 is 2.10 bits per heavy atom. The number of hydrogen-bond acceptors (Lipinski definition) is 2. The summed E-state index contributed by atoms with van der Waals surface area (Å²) in [5.41, 5.74) is 3.81. The molecule has 0 radical (unpaired) electrons. The van der Waals surface area contributed by atoms with Gasteiger partial charge in [0.15, 0.2) is 5.96 Å². The Morgan fingerprint density at radius 3 is 2.77 bits per heavy atom. The van der Waals surface area contributed by atoms with E-state index in [1.807, 2.05) is 0 Å². The number of hydrogen-bond donors (Lipinski definition) is 2. The largest absolute Gasteiger partial charge is 0.401 e. The van der Waals surface area contributed by atoms with Crippen molar-refractivity contribution < 1.29 is 13.2 Å². The fourth-order valence-electron chi connectivity index (χ4n) is 4.52. The Balaban J connectivity index is 1.51. The van der Waals surface area contributed by atoms with Gasteiger partial charge in [0.1, 0.15) is 0 Å². The predicted octanol–water partition coefficient (Wildman–Crippen LogP) is 4.05. The zero-order valence-corrected chi connectivity index (χ0v) is 18.7. The second kappa shape index (κ2) is 10.4. The molecule has 2 N–H and O–H groups in total. The van der Waals surface area contributed by atoms with Crippen molar-refractivity contribution in [3.63, 3.8) is 0 Å². The second-order valence-electron chi connectivity index (χ2n) is 8.27. The lowest BCUT2D eigenvalue weighted by atomic mass is 10.1. The number of H-pyrrole nitrogens is 1. The summed E-state index contributed by atoms with van der Waals surface area (Å²) < 4.78 is 38.2. The van der Waals surface area contributed by atoms with Crippen LogP contribution in [0.25, 0.3) is 10.9 Å². The molecule has 0 aliphatic carbocycles. The van der Waals surface area contributed by atoms with E-state index in [1.54, 1.807) is 14.0 Å². The molecule has 3 rings (SSSR count). The number of guanidine groups is 1. The first-order chi connectivity index (χ1) is 14.8. The number of benzene rings is 1. The number of aryl methyl sites for hydroxylation is 1. The van der Waals surface area contributed by atoms with E-state index in [1.165, 1.54) is 26.9 Å². The summed E-state index contributed by atoms with van der Waals surface area (Å²) in [5, 5.41) is 4.70. The number of aliphatic imine (C=N–C) groups is 1. The summed E-state index contributed by atoms with van der Waals surface area (Å²) in [6.07, 6.45) is 0.693. The number of rotatable bonds is 8. The van der Waals surface area contributed by atoms with Crippen LogP contribution in [0.1, 0.15) is 31.4 Å². The summed E-state index contributed by atoms with van der Waals surface area (Å²) in [5.74, 6) is 1.05. The fourth-order valence-corrected chi connectivity index (χ4v) is 4.52. The molecule has 1 atom stereocenters. The fraction of sp³-hybridized carbons (Fsp3) is 0.609. The van der Waals surface area contributed by atoms with E-state index in [2.05, 4.69) is 51.5 Å². The van der Waals surface area contributed by atoms with Crippen molar-refractivity contribution in [2.75, 3.05) is 46.3 Å². The minimum Gasteiger partial charge on any atom is -0.361 e. The molecule has 1 aromatic heterocycles. The van der Waals surface area contributed by atoms with Crippen LogP contribution in [-0.4, -0.2) is 73.2 Å². The molecule has 172 valence electrons. The first kappa shape index (κ1) is 23.4. The average molecular weight is 438 g/mol. The molecule has 1 saturated heterocycles. The van der Waals surface area contributed by atoms with Crippen LogP contribution in [0.3, 0.4) is 0 Å². The van der Waals surface area contributed by atoms with Gasteiger partial charge in [-0.3, -0.25) is 9.89 Å². The lowest BCUT2D eigenvalue weighted by molar-refractivity contribution is -0.146. The maximum Gasteiger partial charge on any atom is 0.401 e. The van der Waals surface area contributed by atoms with Crippen LogP contribution in [-0.2, 0) is 12.8 Å². The average Bonchev–Trinajstić information content (AvgIpc) is 3.36. The second-order valence-corrected chi connectivity index (χ2v) is 8.27. The molecule has 8 heteroatoms. The van der Waals surface area contributed by atoms with Gasteiger partial charge >= 0.3 is 6.18 Å². The van der Waals surface area contributed by atoms with Crippen molar-refractivity contribution in [3.05, 3.63) is 35.5 Å². The summed E-state index contributed by atoms with van der Waals surface area (Å²) in [7, 11) is 1.76.